The number of hydrogen-bond acceptors (Lipinski definition) is 5. The molecule has 1 aliphatic rings. The van der Waals surface area contributed by atoms with Crippen LogP contribution in [0, 0.1) is 0 Å². The Kier molecular flexibility index (Phi) is 5.79. The zero-order chi connectivity index (χ0) is 20.1. The molecule has 5 nitrogen and oxygen atoms in total. The number of aliphatic hydroxyl groups is 1. The van der Waals surface area contributed by atoms with E-state index in [2.05, 4.69) is 16.0 Å². The molecule has 1 N–H and O–H groups in total. The number of pyridine rings is 1. The summed E-state index contributed by atoms with van der Waals surface area (Å²) in [5, 5.41) is 11.0. The molecular formula is C24H26N2O3. The maximum Gasteiger partial charge on any atom is 0.123 e. The van der Waals surface area contributed by atoms with Gasteiger partial charge in [0, 0.05) is 37.6 Å². The van der Waals surface area contributed by atoms with Crippen LogP contribution in [0.25, 0.3) is 0 Å². The number of nitrogens with zero attached hydrogens (tertiary/aromatic N) is 2. The molecule has 0 fully saturated rings. The minimum atomic E-state index is -1.11. The van der Waals surface area contributed by atoms with E-state index < -0.39 is 5.60 Å². The van der Waals surface area contributed by atoms with Gasteiger partial charge < -0.3 is 14.6 Å². The Morgan fingerprint density at radius 3 is 2.79 bits per heavy atom. The lowest BCUT2D eigenvalue weighted by molar-refractivity contribution is 0.00748. The highest BCUT2D eigenvalue weighted by molar-refractivity contribution is 5.40. The summed E-state index contributed by atoms with van der Waals surface area (Å²) in [6.45, 7) is 5.01. The number of fused-ring (bicyclic) bond motifs is 1. The molecule has 2 heterocycles. The molecule has 3 aromatic rings. The van der Waals surface area contributed by atoms with E-state index in [0.717, 1.165) is 42.3 Å². The summed E-state index contributed by atoms with van der Waals surface area (Å²) in [5.41, 5.74) is 1.96. The van der Waals surface area contributed by atoms with Gasteiger partial charge in [0.25, 0.3) is 0 Å². The van der Waals surface area contributed by atoms with Gasteiger partial charge in [-0.15, -0.1) is 0 Å². The van der Waals surface area contributed by atoms with E-state index >= 15 is 0 Å². The van der Waals surface area contributed by atoms with Crippen LogP contribution in [0.1, 0.15) is 23.6 Å². The van der Waals surface area contributed by atoms with E-state index in [1.807, 2.05) is 60.8 Å². The molecule has 4 rings (SSSR count). The van der Waals surface area contributed by atoms with Gasteiger partial charge in [-0.3, -0.25) is 9.88 Å². The van der Waals surface area contributed by atoms with Gasteiger partial charge >= 0.3 is 0 Å². The molecule has 1 aliphatic heterocycles. The van der Waals surface area contributed by atoms with Gasteiger partial charge in [-0.2, -0.15) is 0 Å². The van der Waals surface area contributed by atoms with Crippen molar-refractivity contribution < 1.29 is 14.6 Å². The van der Waals surface area contributed by atoms with Crippen molar-refractivity contribution >= 4 is 0 Å². The highest BCUT2D eigenvalue weighted by Gasteiger charge is 2.26. The number of rotatable bonds is 6. The summed E-state index contributed by atoms with van der Waals surface area (Å²) < 4.78 is 11.7. The lowest BCUT2D eigenvalue weighted by Crippen LogP contribution is -2.30. The smallest absolute Gasteiger partial charge is 0.123 e. The average molecular weight is 390 g/mol. The first-order chi connectivity index (χ1) is 14.1. The number of hydrogen-bond donors (Lipinski definition) is 1. The lowest BCUT2D eigenvalue weighted by atomic mass is 9.94. The summed E-state index contributed by atoms with van der Waals surface area (Å²) in [7, 11) is 0. The molecule has 5 heteroatoms. The summed E-state index contributed by atoms with van der Waals surface area (Å²) in [4.78, 5) is 6.54. The maximum atomic E-state index is 11.0. The van der Waals surface area contributed by atoms with Crippen LogP contribution in [0.3, 0.4) is 0 Å². The van der Waals surface area contributed by atoms with Crippen molar-refractivity contribution in [2.24, 2.45) is 0 Å². The molecule has 0 aliphatic carbocycles. The molecule has 0 radical (unpaired) electrons. The number of benzene rings is 2. The normalized spacial score (nSPS) is 16.2. The first-order valence-corrected chi connectivity index (χ1v) is 9.88. The second-order valence-corrected chi connectivity index (χ2v) is 7.62. The number of ether oxygens (including phenoxy) is 2. The minimum Gasteiger partial charge on any atom is -0.492 e. The van der Waals surface area contributed by atoms with Gasteiger partial charge in [-0.05, 0) is 48.4 Å². The van der Waals surface area contributed by atoms with E-state index in [1.54, 1.807) is 13.1 Å². The number of aromatic nitrogens is 1. The van der Waals surface area contributed by atoms with Crippen LogP contribution in [0.15, 0.2) is 73.1 Å². The quantitative estimate of drug-likeness (QED) is 0.695. The molecule has 0 spiro atoms. The molecule has 2 aromatic carbocycles. The highest BCUT2D eigenvalue weighted by atomic mass is 16.5. The van der Waals surface area contributed by atoms with Gasteiger partial charge in [0.2, 0.25) is 0 Å². The predicted molar refractivity (Wildman–Crippen MR) is 112 cm³/mol. The second-order valence-electron chi connectivity index (χ2n) is 7.62. The molecule has 150 valence electrons. The van der Waals surface area contributed by atoms with Gasteiger partial charge in [0.05, 0.1) is 0 Å². The van der Waals surface area contributed by atoms with Crippen LogP contribution in [-0.4, -0.2) is 34.7 Å². The Labute approximate surface area is 171 Å². The van der Waals surface area contributed by atoms with Crippen LogP contribution < -0.4 is 9.47 Å². The van der Waals surface area contributed by atoms with E-state index in [1.165, 1.54) is 5.56 Å². The van der Waals surface area contributed by atoms with Crippen LogP contribution in [0.5, 0.6) is 11.5 Å². The SMILES string of the molecule is CC(O)(COc1ccccc1)c1ccc2c(c1)CN(Cc1cccnc1)CCO2. The Bertz CT molecular complexity index is 929. The number of para-hydroxylation sites is 1. The third-order valence-electron chi connectivity index (χ3n) is 5.13. The highest BCUT2D eigenvalue weighted by Crippen LogP contribution is 2.30. The van der Waals surface area contributed by atoms with Crippen LogP contribution in [-0.2, 0) is 18.7 Å². The van der Waals surface area contributed by atoms with Gasteiger partial charge in [0.1, 0.15) is 30.3 Å². The van der Waals surface area contributed by atoms with Gasteiger partial charge in [0.15, 0.2) is 0 Å². The van der Waals surface area contributed by atoms with Crippen LogP contribution in [0.2, 0.25) is 0 Å². The zero-order valence-electron chi connectivity index (χ0n) is 16.6. The van der Waals surface area contributed by atoms with E-state index in [4.69, 9.17) is 9.47 Å². The fraction of sp³-hybridized carbons (Fsp3) is 0.292. The summed E-state index contributed by atoms with van der Waals surface area (Å²) in [5.74, 6) is 1.62. The molecule has 0 amide bonds. The van der Waals surface area contributed by atoms with Crippen molar-refractivity contribution in [3.8, 4) is 11.5 Å². The Balaban J connectivity index is 1.49. The third-order valence-corrected chi connectivity index (χ3v) is 5.13. The molecular weight excluding hydrogens is 364 g/mol. The van der Waals surface area contributed by atoms with Crippen LogP contribution >= 0.6 is 0 Å². The fourth-order valence-corrected chi connectivity index (χ4v) is 3.49. The van der Waals surface area contributed by atoms with Crippen molar-refractivity contribution in [3.63, 3.8) is 0 Å². The zero-order valence-corrected chi connectivity index (χ0v) is 16.6. The van der Waals surface area contributed by atoms with Crippen molar-refractivity contribution in [2.45, 2.75) is 25.6 Å². The van der Waals surface area contributed by atoms with Crippen molar-refractivity contribution in [2.75, 3.05) is 19.8 Å². The minimum absolute atomic E-state index is 0.177. The summed E-state index contributed by atoms with van der Waals surface area (Å²) >= 11 is 0. The van der Waals surface area contributed by atoms with Crippen LogP contribution in [0.4, 0.5) is 0 Å². The average Bonchev–Trinajstić information content (AvgIpc) is 2.95. The lowest BCUT2D eigenvalue weighted by Gasteiger charge is -2.25. The molecule has 1 aromatic heterocycles. The fourth-order valence-electron chi connectivity index (χ4n) is 3.49. The third kappa shape index (κ3) is 4.94. The topological polar surface area (TPSA) is 54.8 Å². The summed E-state index contributed by atoms with van der Waals surface area (Å²) in [6, 6.07) is 19.5. The molecule has 0 saturated carbocycles. The molecule has 1 unspecified atom stereocenters. The monoisotopic (exact) mass is 390 g/mol. The van der Waals surface area contributed by atoms with Crippen molar-refractivity contribution in [3.05, 3.63) is 89.7 Å². The summed E-state index contributed by atoms with van der Waals surface area (Å²) in [6.07, 6.45) is 3.69. The Morgan fingerprint density at radius 2 is 2.00 bits per heavy atom. The molecule has 0 bridgehead atoms. The van der Waals surface area contributed by atoms with E-state index in [0.29, 0.717) is 6.61 Å². The largest absolute Gasteiger partial charge is 0.492 e. The van der Waals surface area contributed by atoms with Crippen molar-refractivity contribution in [1.82, 2.24) is 9.88 Å². The Hall–Kier alpha value is -2.89. The van der Waals surface area contributed by atoms with Crippen molar-refractivity contribution in [1.29, 1.82) is 0 Å². The standard InChI is InChI=1S/C24H26N2O3/c1-24(27,18-29-22-7-3-2-4-8-22)21-9-10-23-20(14-21)17-26(12-13-28-23)16-19-6-5-11-25-15-19/h2-11,14-15,27H,12-13,16-18H2,1H3. The maximum absolute atomic E-state index is 11.0. The van der Waals surface area contributed by atoms with E-state index in [9.17, 15) is 5.11 Å². The molecule has 29 heavy (non-hydrogen) atoms. The van der Waals surface area contributed by atoms with E-state index in [-0.39, 0.29) is 6.61 Å². The second kappa shape index (κ2) is 8.64. The van der Waals surface area contributed by atoms with Gasteiger partial charge in [-0.25, -0.2) is 0 Å². The first-order valence-electron chi connectivity index (χ1n) is 9.88. The molecule has 0 saturated heterocycles. The molecule has 1 atom stereocenters. The Morgan fingerprint density at radius 1 is 1.14 bits per heavy atom. The van der Waals surface area contributed by atoms with Gasteiger partial charge in [-0.1, -0.05) is 30.3 Å². The predicted octanol–water partition coefficient (Wildman–Crippen LogP) is 3.76. The first kappa shape index (κ1) is 19.4.